The van der Waals surface area contributed by atoms with Crippen molar-refractivity contribution in [2.45, 2.75) is 32.6 Å². The van der Waals surface area contributed by atoms with Crippen LogP contribution in [0.2, 0.25) is 0 Å². The van der Waals surface area contributed by atoms with E-state index in [9.17, 15) is 18.0 Å². The van der Waals surface area contributed by atoms with Crippen molar-refractivity contribution in [2.75, 3.05) is 6.61 Å². The minimum atomic E-state index is -1.31. The highest BCUT2D eigenvalue weighted by Gasteiger charge is 2.23. The Hall–Kier alpha value is -3.01. The van der Waals surface area contributed by atoms with E-state index in [1.54, 1.807) is 6.07 Å². The van der Waals surface area contributed by atoms with E-state index in [2.05, 4.69) is 6.92 Å². The second-order valence-corrected chi connectivity index (χ2v) is 7.34. The third kappa shape index (κ3) is 5.08. The Bertz CT molecular complexity index is 924. The number of hydrogen-bond donors (Lipinski definition) is 0. The van der Waals surface area contributed by atoms with Crippen LogP contribution >= 0.6 is 0 Å². The van der Waals surface area contributed by atoms with Gasteiger partial charge in [0.1, 0.15) is 40.6 Å². The lowest BCUT2D eigenvalue weighted by atomic mass is 9.83. The lowest BCUT2D eigenvalue weighted by Crippen LogP contribution is -2.19. The van der Waals surface area contributed by atoms with Crippen molar-refractivity contribution in [3.63, 3.8) is 0 Å². The van der Waals surface area contributed by atoms with Crippen LogP contribution < -0.4 is 9.47 Å². The fourth-order valence-electron chi connectivity index (χ4n) is 3.35. The number of ether oxygens (including phenoxy) is 2. The van der Waals surface area contributed by atoms with E-state index in [1.165, 1.54) is 0 Å². The summed E-state index contributed by atoms with van der Waals surface area (Å²) in [7, 11) is 0. The lowest BCUT2D eigenvalue weighted by molar-refractivity contribution is 0.0724. The molecule has 0 atom stereocenters. The Morgan fingerprint density at radius 3 is 2.24 bits per heavy atom. The Balaban J connectivity index is 1.67. The summed E-state index contributed by atoms with van der Waals surface area (Å²) in [6, 6.07) is 6.56. The number of halogens is 3. The molecule has 1 aliphatic rings. The average molecular weight is 403 g/mol. The number of carbonyl (C=O) groups is 1. The number of nitriles is 1. The van der Waals surface area contributed by atoms with Gasteiger partial charge in [-0.3, -0.25) is 0 Å². The molecule has 152 valence electrons. The molecule has 0 radical (unpaired) electrons. The zero-order chi connectivity index (χ0) is 21.0. The molecule has 2 aromatic rings. The fraction of sp³-hybridized carbons (Fsp3) is 0.364. The third-order valence-electron chi connectivity index (χ3n) is 5.11. The summed E-state index contributed by atoms with van der Waals surface area (Å²) in [4.78, 5) is 12.1. The Kier molecular flexibility index (Phi) is 6.42. The average Bonchev–Trinajstić information content (AvgIpc) is 2.67. The van der Waals surface area contributed by atoms with Gasteiger partial charge in [-0.1, -0.05) is 19.8 Å². The highest BCUT2D eigenvalue weighted by molar-refractivity contribution is 5.91. The van der Waals surface area contributed by atoms with Crippen LogP contribution in [0.4, 0.5) is 13.2 Å². The Labute approximate surface area is 166 Å². The van der Waals surface area contributed by atoms with E-state index in [-0.39, 0.29) is 17.1 Å². The maximum absolute atomic E-state index is 14.3. The Morgan fingerprint density at radius 1 is 1.03 bits per heavy atom. The summed E-state index contributed by atoms with van der Waals surface area (Å²) < 4.78 is 52.6. The lowest BCUT2D eigenvalue weighted by Gasteiger charge is -2.26. The van der Waals surface area contributed by atoms with Crippen LogP contribution in [0, 0.1) is 40.6 Å². The summed E-state index contributed by atoms with van der Waals surface area (Å²) in [5.74, 6) is -3.70. The molecule has 3 rings (SSSR count). The van der Waals surface area contributed by atoms with E-state index in [1.807, 2.05) is 0 Å². The van der Waals surface area contributed by atoms with Crippen molar-refractivity contribution >= 4 is 5.97 Å². The van der Waals surface area contributed by atoms with Crippen molar-refractivity contribution in [1.29, 1.82) is 5.26 Å². The maximum atomic E-state index is 14.3. The molecular formula is C22H20F3NO3. The molecule has 0 amide bonds. The summed E-state index contributed by atoms with van der Waals surface area (Å²) in [6.07, 6.45) is 4.24. The number of carbonyl (C=O) groups excluding carboxylic acids is 1. The number of rotatable bonds is 5. The van der Waals surface area contributed by atoms with Crippen molar-refractivity contribution in [3.05, 3.63) is 58.9 Å². The largest absolute Gasteiger partial charge is 0.493 e. The molecule has 0 saturated heterocycles. The molecule has 7 heteroatoms. The molecule has 2 aromatic carbocycles. The van der Waals surface area contributed by atoms with Crippen LogP contribution in [0.25, 0.3) is 0 Å². The van der Waals surface area contributed by atoms with E-state index < -0.39 is 29.0 Å². The molecule has 0 heterocycles. The van der Waals surface area contributed by atoms with Gasteiger partial charge in [-0.15, -0.1) is 0 Å². The fourth-order valence-corrected chi connectivity index (χ4v) is 3.35. The van der Waals surface area contributed by atoms with Gasteiger partial charge in [-0.05, 0) is 36.8 Å². The standard InChI is InChI=1S/C22H20F3NO3/c1-13-2-4-14(5-3-13)12-28-17-9-19(24)21(20(25)10-17)22(27)29-16-7-6-15(11-26)18(23)8-16/h6-10,13-14H,2-5,12H2,1H3/t13-,14-. The van der Waals surface area contributed by atoms with Crippen molar-refractivity contribution < 1.29 is 27.4 Å². The second-order valence-electron chi connectivity index (χ2n) is 7.34. The Morgan fingerprint density at radius 2 is 1.66 bits per heavy atom. The molecule has 4 nitrogen and oxygen atoms in total. The number of hydrogen-bond acceptors (Lipinski definition) is 4. The number of benzene rings is 2. The predicted molar refractivity (Wildman–Crippen MR) is 99.0 cm³/mol. The molecule has 0 aromatic heterocycles. The van der Waals surface area contributed by atoms with Gasteiger partial charge in [0.2, 0.25) is 0 Å². The van der Waals surface area contributed by atoms with Gasteiger partial charge in [0.25, 0.3) is 0 Å². The summed E-state index contributed by atoms with van der Waals surface area (Å²) in [5.41, 5.74) is -1.13. The van der Waals surface area contributed by atoms with Crippen LogP contribution in [0.1, 0.15) is 48.5 Å². The first-order valence-electron chi connectivity index (χ1n) is 9.41. The van der Waals surface area contributed by atoms with Crippen molar-refractivity contribution in [1.82, 2.24) is 0 Å². The molecule has 0 aliphatic heterocycles. The van der Waals surface area contributed by atoms with Gasteiger partial charge in [-0.2, -0.15) is 5.26 Å². The van der Waals surface area contributed by atoms with E-state index in [0.717, 1.165) is 56.0 Å². The molecule has 1 saturated carbocycles. The monoisotopic (exact) mass is 403 g/mol. The SMILES string of the molecule is C[C@H]1CC[C@H](COc2cc(F)c(C(=O)Oc3ccc(C#N)c(F)c3)c(F)c2)CC1. The van der Waals surface area contributed by atoms with E-state index >= 15 is 0 Å². The van der Waals surface area contributed by atoms with Gasteiger partial charge < -0.3 is 9.47 Å². The highest BCUT2D eigenvalue weighted by Crippen LogP contribution is 2.29. The predicted octanol–water partition coefficient (Wildman–Crippen LogP) is 5.40. The molecule has 0 bridgehead atoms. The minimum absolute atomic E-state index is 0.000380. The molecular weight excluding hydrogens is 383 g/mol. The third-order valence-corrected chi connectivity index (χ3v) is 5.11. The first-order valence-corrected chi connectivity index (χ1v) is 9.41. The van der Waals surface area contributed by atoms with Crippen LogP contribution in [-0.4, -0.2) is 12.6 Å². The molecule has 0 N–H and O–H groups in total. The molecule has 0 spiro atoms. The topological polar surface area (TPSA) is 59.3 Å². The van der Waals surface area contributed by atoms with Crippen molar-refractivity contribution in [2.24, 2.45) is 11.8 Å². The maximum Gasteiger partial charge on any atom is 0.349 e. The minimum Gasteiger partial charge on any atom is -0.493 e. The van der Waals surface area contributed by atoms with Gasteiger partial charge in [0.15, 0.2) is 0 Å². The second kappa shape index (κ2) is 8.99. The zero-order valence-electron chi connectivity index (χ0n) is 15.9. The van der Waals surface area contributed by atoms with Crippen LogP contribution in [-0.2, 0) is 0 Å². The van der Waals surface area contributed by atoms with Gasteiger partial charge in [0, 0.05) is 18.2 Å². The number of esters is 1. The molecule has 0 unspecified atom stereocenters. The van der Waals surface area contributed by atoms with Crippen LogP contribution in [0.3, 0.4) is 0 Å². The van der Waals surface area contributed by atoms with E-state index in [0.29, 0.717) is 18.4 Å². The molecule has 1 fully saturated rings. The first kappa shape index (κ1) is 20.7. The summed E-state index contributed by atoms with van der Waals surface area (Å²) >= 11 is 0. The highest BCUT2D eigenvalue weighted by atomic mass is 19.1. The van der Waals surface area contributed by atoms with Gasteiger partial charge in [0.05, 0.1) is 12.2 Å². The zero-order valence-corrected chi connectivity index (χ0v) is 15.9. The molecule has 29 heavy (non-hydrogen) atoms. The van der Waals surface area contributed by atoms with Crippen LogP contribution in [0.5, 0.6) is 11.5 Å². The van der Waals surface area contributed by atoms with Gasteiger partial charge in [-0.25, -0.2) is 18.0 Å². The summed E-state index contributed by atoms with van der Waals surface area (Å²) in [6.45, 7) is 2.56. The normalized spacial score (nSPS) is 18.7. The van der Waals surface area contributed by atoms with Crippen molar-refractivity contribution in [3.8, 4) is 17.6 Å². The summed E-state index contributed by atoms with van der Waals surface area (Å²) in [5, 5.41) is 8.70. The quantitative estimate of drug-likeness (QED) is 0.495. The van der Waals surface area contributed by atoms with Crippen LogP contribution in [0.15, 0.2) is 30.3 Å². The van der Waals surface area contributed by atoms with Gasteiger partial charge >= 0.3 is 5.97 Å². The smallest absolute Gasteiger partial charge is 0.349 e. The van der Waals surface area contributed by atoms with E-state index in [4.69, 9.17) is 14.7 Å². The number of nitrogens with zero attached hydrogens (tertiary/aromatic N) is 1. The first-order chi connectivity index (χ1) is 13.9. The molecule has 1 aliphatic carbocycles.